The zero-order valence-electron chi connectivity index (χ0n) is 14.2. The second kappa shape index (κ2) is 10.9. The van der Waals surface area contributed by atoms with Gasteiger partial charge in [-0.3, -0.25) is 14.5 Å². The summed E-state index contributed by atoms with van der Waals surface area (Å²) in [5, 5.41) is 0. The summed E-state index contributed by atoms with van der Waals surface area (Å²) >= 11 is 0. The number of benzene rings is 1. The number of rotatable bonds is 4. The molecule has 2 heterocycles. The van der Waals surface area contributed by atoms with Crippen molar-refractivity contribution in [2.24, 2.45) is 0 Å². The monoisotopic (exact) mass is 405 g/mol. The van der Waals surface area contributed by atoms with E-state index in [1.807, 2.05) is 38.1 Å². The Morgan fingerprint density at radius 1 is 1.17 bits per heavy atom. The molecule has 5 nitrogen and oxygen atoms in total. The minimum atomic E-state index is -0.292. The van der Waals surface area contributed by atoms with Gasteiger partial charge in [0, 0.05) is 52.1 Å². The fourth-order valence-corrected chi connectivity index (χ4v) is 2.36. The smallest absolute Gasteiger partial charge is 0.229 e. The van der Waals surface area contributed by atoms with E-state index in [1.54, 1.807) is 6.08 Å². The molecule has 1 aromatic carbocycles. The van der Waals surface area contributed by atoms with E-state index < -0.39 is 0 Å². The second-order valence-corrected chi connectivity index (χ2v) is 4.95. The number of carbonyl (C=O) groups excluding carboxylic acids is 2. The van der Waals surface area contributed by atoms with Crippen LogP contribution < -0.4 is 0 Å². The van der Waals surface area contributed by atoms with Gasteiger partial charge in [0.25, 0.3) is 0 Å². The van der Waals surface area contributed by atoms with Crippen molar-refractivity contribution in [2.75, 3.05) is 19.8 Å². The zero-order valence-corrected chi connectivity index (χ0v) is 17.0. The molecule has 2 fully saturated rings. The molecule has 1 aromatic rings. The van der Waals surface area contributed by atoms with E-state index >= 15 is 0 Å². The van der Waals surface area contributed by atoms with Gasteiger partial charge in [-0.2, -0.15) is 5.56 Å². The van der Waals surface area contributed by atoms with Gasteiger partial charge in [0.05, 0.1) is 13.2 Å². The van der Waals surface area contributed by atoms with Crippen molar-refractivity contribution >= 4 is 17.9 Å². The maximum absolute atomic E-state index is 11.5. The molecular weight excluding hydrogens is 383 g/mol. The number of hydrogen-bond acceptors (Lipinski definition) is 4. The van der Waals surface area contributed by atoms with E-state index in [9.17, 15) is 9.59 Å². The molecular formula is C18H22NO4Y-. The molecule has 0 aromatic heterocycles. The van der Waals surface area contributed by atoms with Crippen molar-refractivity contribution in [1.29, 1.82) is 0 Å². The normalized spacial score (nSPS) is 17.8. The molecule has 1 radical (unpaired) electrons. The summed E-state index contributed by atoms with van der Waals surface area (Å²) < 4.78 is 10.8. The zero-order chi connectivity index (χ0) is 16.7. The van der Waals surface area contributed by atoms with E-state index in [4.69, 9.17) is 9.47 Å². The van der Waals surface area contributed by atoms with Crippen LogP contribution in [0.2, 0.25) is 0 Å². The maximum atomic E-state index is 11.5. The van der Waals surface area contributed by atoms with Crippen LogP contribution >= 0.6 is 0 Å². The Kier molecular flexibility index (Phi) is 9.59. The van der Waals surface area contributed by atoms with Crippen molar-refractivity contribution in [1.82, 2.24) is 4.90 Å². The number of nitrogens with zero attached hydrogens (tertiary/aromatic N) is 1. The van der Waals surface area contributed by atoms with Crippen molar-refractivity contribution in [3.05, 3.63) is 41.5 Å². The molecule has 2 aliphatic heterocycles. The molecule has 2 aliphatic rings. The molecule has 0 atom stereocenters. The Bertz CT molecular complexity index is 549. The predicted octanol–water partition coefficient (Wildman–Crippen LogP) is 2.72. The molecule has 0 unspecified atom stereocenters. The molecule has 24 heavy (non-hydrogen) atoms. The number of amides is 2. The van der Waals surface area contributed by atoms with Gasteiger partial charge in [0.15, 0.2) is 0 Å². The van der Waals surface area contributed by atoms with E-state index in [1.165, 1.54) is 4.90 Å². The topological polar surface area (TPSA) is 55.8 Å². The molecule has 0 saturated carbocycles. The molecule has 0 spiro atoms. The van der Waals surface area contributed by atoms with Gasteiger partial charge in [0.1, 0.15) is 6.29 Å². The summed E-state index contributed by atoms with van der Waals surface area (Å²) in [7, 11) is 0. The SMILES string of the molecule is CC.O=C1CCC(=O)N1C/C=C/c1[c-]cc(C2OCCO2)cc1.[Y]. The molecule has 2 amide bonds. The largest absolute Gasteiger partial charge is 0.354 e. The van der Waals surface area contributed by atoms with Crippen LogP contribution in [0.4, 0.5) is 0 Å². The average molecular weight is 405 g/mol. The number of ether oxygens (including phenoxy) is 2. The van der Waals surface area contributed by atoms with E-state index in [-0.39, 0.29) is 50.8 Å². The van der Waals surface area contributed by atoms with Gasteiger partial charge in [0.2, 0.25) is 11.8 Å². The first-order chi connectivity index (χ1) is 11.2. The molecule has 3 rings (SSSR count). The van der Waals surface area contributed by atoms with Gasteiger partial charge in [-0.05, 0) is 0 Å². The third kappa shape index (κ3) is 5.59. The van der Waals surface area contributed by atoms with Crippen LogP contribution in [0, 0.1) is 6.07 Å². The quantitative estimate of drug-likeness (QED) is 0.571. The summed E-state index contributed by atoms with van der Waals surface area (Å²) in [5.74, 6) is -0.195. The first kappa shape index (κ1) is 21.2. The van der Waals surface area contributed by atoms with Gasteiger partial charge in [-0.1, -0.05) is 19.4 Å². The number of carbonyl (C=O) groups is 2. The third-order valence-corrected chi connectivity index (χ3v) is 3.50. The summed E-state index contributed by atoms with van der Waals surface area (Å²) in [6.07, 6.45) is 4.01. The Morgan fingerprint density at radius 2 is 1.79 bits per heavy atom. The van der Waals surface area contributed by atoms with Crippen LogP contribution in [0.3, 0.4) is 0 Å². The summed E-state index contributed by atoms with van der Waals surface area (Å²) in [5.41, 5.74) is 1.82. The average Bonchev–Trinajstić information content (AvgIpc) is 3.23. The standard InChI is InChI=1S/C16H16NO4.C2H6.Y/c18-14-7-8-15(19)17(14)9-1-2-12-3-5-13(6-4-12)16-20-10-11-21-16;1-2;/h1-3,5-6,16H,7-11H2;1-2H3;/q-1;;/b2-1+;;. The fraction of sp³-hybridized carbons (Fsp3) is 0.444. The van der Waals surface area contributed by atoms with Crippen LogP contribution in [0.15, 0.2) is 24.3 Å². The Hall–Kier alpha value is -0.876. The maximum Gasteiger partial charge on any atom is 0.229 e. The van der Waals surface area contributed by atoms with Gasteiger partial charge in [-0.15, -0.1) is 36.4 Å². The Morgan fingerprint density at radius 3 is 2.33 bits per heavy atom. The Labute approximate surface area is 168 Å². The number of likely N-dealkylation sites (tertiary alicyclic amines) is 1. The van der Waals surface area contributed by atoms with Crippen LogP contribution in [-0.4, -0.2) is 36.5 Å². The minimum Gasteiger partial charge on any atom is -0.354 e. The van der Waals surface area contributed by atoms with Crippen molar-refractivity contribution in [3.63, 3.8) is 0 Å². The molecule has 127 valence electrons. The van der Waals surface area contributed by atoms with Crippen LogP contribution in [0.25, 0.3) is 6.08 Å². The predicted molar refractivity (Wildman–Crippen MR) is 86.3 cm³/mol. The van der Waals surface area contributed by atoms with E-state index in [0.29, 0.717) is 32.6 Å². The molecule has 6 heteroatoms. The summed E-state index contributed by atoms with van der Waals surface area (Å²) in [4.78, 5) is 24.2. The first-order valence-electron chi connectivity index (χ1n) is 7.98. The second-order valence-electron chi connectivity index (χ2n) is 4.95. The van der Waals surface area contributed by atoms with Crippen molar-refractivity contribution in [2.45, 2.75) is 33.0 Å². The number of imide groups is 1. The van der Waals surface area contributed by atoms with Crippen molar-refractivity contribution in [3.8, 4) is 0 Å². The fourth-order valence-electron chi connectivity index (χ4n) is 2.36. The van der Waals surface area contributed by atoms with Gasteiger partial charge in [-0.25, -0.2) is 0 Å². The van der Waals surface area contributed by atoms with E-state index in [0.717, 1.165) is 11.1 Å². The Balaban J connectivity index is 0.000000925. The van der Waals surface area contributed by atoms with E-state index in [2.05, 4.69) is 6.07 Å². The summed E-state index contributed by atoms with van der Waals surface area (Å²) in [6, 6.07) is 8.80. The molecule has 0 bridgehead atoms. The third-order valence-electron chi connectivity index (χ3n) is 3.50. The van der Waals surface area contributed by atoms with Gasteiger partial charge < -0.3 is 9.47 Å². The molecule has 2 saturated heterocycles. The molecule has 0 N–H and O–H groups in total. The van der Waals surface area contributed by atoms with Crippen LogP contribution in [0.1, 0.15) is 44.1 Å². The van der Waals surface area contributed by atoms with Crippen molar-refractivity contribution < 1.29 is 51.8 Å². The number of hydrogen-bond donors (Lipinski definition) is 0. The summed E-state index contributed by atoms with van der Waals surface area (Å²) in [6.45, 7) is 5.55. The van der Waals surface area contributed by atoms with Crippen LogP contribution in [0.5, 0.6) is 0 Å². The minimum absolute atomic E-state index is 0. The first-order valence-corrected chi connectivity index (χ1v) is 7.98. The molecule has 0 aliphatic carbocycles. The van der Waals surface area contributed by atoms with Gasteiger partial charge >= 0.3 is 0 Å². The van der Waals surface area contributed by atoms with Crippen LogP contribution in [-0.2, 0) is 51.8 Å².